The van der Waals surface area contributed by atoms with Crippen molar-refractivity contribution in [2.24, 2.45) is 0 Å². The van der Waals surface area contributed by atoms with Gasteiger partial charge in [-0.3, -0.25) is 9.69 Å². The van der Waals surface area contributed by atoms with Gasteiger partial charge in [0.15, 0.2) is 0 Å². The van der Waals surface area contributed by atoms with Crippen LogP contribution in [-0.4, -0.2) is 28.9 Å². The van der Waals surface area contributed by atoms with Crippen LogP contribution in [-0.2, 0) is 4.79 Å². The molecule has 1 N–H and O–H groups in total. The molecule has 21 heavy (non-hydrogen) atoms. The van der Waals surface area contributed by atoms with Gasteiger partial charge in [0.1, 0.15) is 5.82 Å². The normalized spacial score (nSPS) is 18.8. The molecule has 1 fully saturated rings. The lowest BCUT2D eigenvalue weighted by molar-refractivity contribution is -0.117. The average molecular weight is 366 g/mol. The number of aromatic nitrogens is 1. The monoisotopic (exact) mass is 365 g/mol. The number of anilines is 1. The van der Waals surface area contributed by atoms with Crippen molar-refractivity contribution in [2.45, 2.75) is 18.9 Å². The van der Waals surface area contributed by atoms with Crippen LogP contribution >= 0.6 is 27.3 Å². The Morgan fingerprint density at radius 2 is 2.38 bits per heavy atom. The number of likely N-dealkylation sites (tertiary alicyclic amines) is 1. The summed E-state index contributed by atoms with van der Waals surface area (Å²) in [7, 11) is 0. The van der Waals surface area contributed by atoms with Crippen molar-refractivity contribution in [1.82, 2.24) is 9.88 Å². The molecule has 1 amide bonds. The van der Waals surface area contributed by atoms with Gasteiger partial charge in [-0.1, -0.05) is 6.07 Å². The van der Waals surface area contributed by atoms with E-state index in [-0.39, 0.29) is 5.91 Å². The van der Waals surface area contributed by atoms with Crippen LogP contribution in [0.2, 0.25) is 0 Å². The topological polar surface area (TPSA) is 45.2 Å². The summed E-state index contributed by atoms with van der Waals surface area (Å²) in [5.41, 5.74) is 0. The van der Waals surface area contributed by atoms with Crippen molar-refractivity contribution in [3.8, 4) is 0 Å². The van der Waals surface area contributed by atoms with E-state index in [1.54, 1.807) is 23.6 Å². The maximum Gasteiger partial charge on any atom is 0.239 e. The molecule has 0 unspecified atom stereocenters. The van der Waals surface area contributed by atoms with Crippen LogP contribution < -0.4 is 5.32 Å². The number of carbonyl (C=O) groups is 1. The van der Waals surface area contributed by atoms with Gasteiger partial charge in [-0.25, -0.2) is 4.98 Å². The van der Waals surface area contributed by atoms with Crippen LogP contribution in [0.4, 0.5) is 5.82 Å². The molecule has 4 nitrogen and oxygen atoms in total. The first-order valence-electron chi connectivity index (χ1n) is 6.91. The van der Waals surface area contributed by atoms with Crippen LogP contribution in [0.25, 0.3) is 0 Å². The second-order valence-corrected chi connectivity index (χ2v) is 6.95. The standard InChI is InChI=1S/C15H16BrN3OS/c16-11-5-6-14(17-9-11)18-15(20)10-19-7-1-3-12(19)13-4-2-8-21-13/h2,4-6,8-9,12H,1,3,7,10H2,(H,17,18,20)/t12-/m1/s1. The predicted octanol–water partition coefficient (Wildman–Crippen LogP) is 3.68. The number of amides is 1. The van der Waals surface area contributed by atoms with Crippen LogP contribution in [0.5, 0.6) is 0 Å². The molecule has 0 aliphatic carbocycles. The average Bonchev–Trinajstić information content (AvgIpc) is 3.11. The molecule has 6 heteroatoms. The molecule has 0 bridgehead atoms. The molecule has 0 aromatic carbocycles. The Morgan fingerprint density at radius 1 is 1.48 bits per heavy atom. The summed E-state index contributed by atoms with van der Waals surface area (Å²) in [6.45, 7) is 1.39. The molecule has 3 rings (SSSR count). The van der Waals surface area contributed by atoms with Crippen LogP contribution in [0.15, 0.2) is 40.3 Å². The number of hydrogen-bond acceptors (Lipinski definition) is 4. The molecule has 0 spiro atoms. The van der Waals surface area contributed by atoms with E-state index in [9.17, 15) is 4.79 Å². The third-order valence-electron chi connectivity index (χ3n) is 3.58. The molecule has 1 saturated heterocycles. The summed E-state index contributed by atoms with van der Waals surface area (Å²) in [5.74, 6) is 0.586. The lowest BCUT2D eigenvalue weighted by Crippen LogP contribution is -2.32. The molecule has 0 radical (unpaired) electrons. The molecule has 2 aromatic rings. The number of thiophene rings is 1. The molecule has 0 saturated carbocycles. The van der Waals surface area contributed by atoms with E-state index in [1.807, 2.05) is 6.07 Å². The Morgan fingerprint density at radius 3 is 3.10 bits per heavy atom. The maximum absolute atomic E-state index is 12.2. The Hall–Kier alpha value is -1.24. The molecule has 1 aliphatic rings. The van der Waals surface area contributed by atoms with Crippen LogP contribution in [0.1, 0.15) is 23.8 Å². The van der Waals surface area contributed by atoms with Gasteiger partial charge in [0.2, 0.25) is 5.91 Å². The zero-order valence-corrected chi connectivity index (χ0v) is 13.9. The molecule has 1 aliphatic heterocycles. The predicted molar refractivity (Wildman–Crippen MR) is 88.4 cm³/mol. The number of carbonyl (C=O) groups excluding carboxylic acids is 1. The third kappa shape index (κ3) is 3.70. The Kier molecular flexibility index (Phi) is 4.67. The minimum Gasteiger partial charge on any atom is -0.310 e. The quantitative estimate of drug-likeness (QED) is 0.898. The largest absolute Gasteiger partial charge is 0.310 e. The molecular formula is C15H16BrN3OS. The summed E-state index contributed by atoms with van der Waals surface area (Å²) >= 11 is 5.10. The molecule has 110 valence electrons. The fraction of sp³-hybridized carbons (Fsp3) is 0.333. The number of rotatable bonds is 4. The SMILES string of the molecule is O=C(CN1CCC[C@@H]1c1cccs1)Nc1ccc(Br)cn1. The van der Waals surface area contributed by atoms with E-state index in [0.717, 1.165) is 23.9 Å². The van der Waals surface area contributed by atoms with Crippen LogP contribution in [0.3, 0.4) is 0 Å². The highest BCUT2D eigenvalue weighted by Crippen LogP contribution is 2.34. The first-order valence-corrected chi connectivity index (χ1v) is 8.58. The van der Waals surface area contributed by atoms with Gasteiger partial charge in [0.05, 0.1) is 6.54 Å². The highest BCUT2D eigenvalue weighted by Gasteiger charge is 2.28. The number of nitrogens with one attached hydrogen (secondary N) is 1. The van der Waals surface area contributed by atoms with Gasteiger partial charge < -0.3 is 5.32 Å². The molecule has 2 aromatic heterocycles. The van der Waals surface area contributed by atoms with Crippen molar-refractivity contribution >= 4 is 39.0 Å². The minimum atomic E-state index is -0.00622. The Bertz CT molecular complexity index is 600. The molecular weight excluding hydrogens is 350 g/mol. The van der Waals surface area contributed by atoms with Crippen molar-refractivity contribution in [2.75, 3.05) is 18.4 Å². The first kappa shape index (κ1) is 14.7. The maximum atomic E-state index is 12.2. The Balaban J connectivity index is 1.60. The summed E-state index contributed by atoms with van der Waals surface area (Å²) in [6.07, 6.45) is 3.95. The van der Waals surface area contributed by atoms with Gasteiger partial charge >= 0.3 is 0 Å². The van der Waals surface area contributed by atoms with E-state index in [2.05, 4.69) is 48.6 Å². The van der Waals surface area contributed by atoms with E-state index in [1.165, 1.54) is 4.88 Å². The summed E-state index contributed by atoms with van der Waals surface area (Å²) < 4.78 is 0.901. The fourth-order valence-electron chi connectivity index (χ4n) is 2.64. The third-order valence-corrected chi connectivity index (χ3v) is 5.02. The number of pyridine rings is 1. The van der Waals surface area contributed by atoms with Gasteiger partial charge in [-0.15, -0.1) is 11.3 Å². The van der Waals surface area contributed by atoms with Crippen molar-refractivity contribution in [3.63, 3.8) is 0 Å². The van der Waals surface area contributed by atoms with Gasteiger partial charge in [0, 0.05) is 21.6 Å². The van der Waals surface area contributed by atoms with Crippen LogP contribution in [0, 0.1) is 0 Å². The number of halogens is 1. The highest BCUT2D eigenvalue weighted by molar-refractivity contribution is 9.10. The van der Waals surface area contributed by atoms with Crippen molar-refractivity contribution < 1.29 is 4.79 Å². The first-order chi connectivity index (χ1) is 10.2. The lowest BCUT2D eigenvalue weighted by atomic mass is 10.2. The van der Waals surface area contributed by atoms with E-state index in [4.69, 9.17) is 0 Å². The zero-order chi connectivity index (χ0) is 14.7. The summed E-state index contributed by atoms with van der Waals surface area (Å²) in [5, 5.41) is 4.95. The summed E-state index contributed by atoms with van der Waals surface area (Å²) in [4.78, 5) is 19.9. The Labute approximate surface area is 136 Å². The van der Waals surface area contributed by atoms with Gasteiger partial charge in [-0.05, 0) is 58.9 Å². The van der Waals surface area contributed by atoms with E-state index >= 15 is 0 Å². The molecule has 3 heterocycles. The van der Waals surface area contributed by atoms with Gasteiger partial charge in [0.25, 0.3) is 0 Å². The smallest absolute Gasteiger partial charge is 0.239 e. The second-order valence-electron chi connectivity index (χ2n) is 5.05. The zero-order valence-electron chi connectivity index (χ0n) is 11.5. The second kappa shape index (κ2) is 6.68. The van der Waals surface area contributed by atoms with E-state index in [0.29, 0.717) is 18.4 Å². The lowest BCUT2D eigenvalue weighted by Gasteiger charge is -2.22. The molecule has 1 atom stereocenters. The fourth-order valence-corrected chi connectivity index (χ4v) is 3.77. The van der Waals surface area contributed by atoms with E-state index < -0.39 is 0 Å². The summed E-state index contributed by atoms with van der Waals surface area (Å²) in [6, 6.07) is 8.27. The minimum absolute atomic E-state index is 0.00622. The number of nitrogens with zero attached hydrogens (tertiary/aromatic N) is 2. The van der Waals surface area contributed by atoms with Crippen molar-refractivity contribution in [3.05, 3.63) is 45.2 Å². The van der Waals surface area contributed by atoms with Gasteiger partial charge in [-0.2, -0.15) is 0 Å². The number of hydrogen-bond donors (Lipinski definition) is 1. The highest BCUT2D eigenvalue weighted by atomic mass is 79.9. The van der Waals surface area contributed by atoms with Crippen molar-refractivity contribution in [1.29, 1.82) is 0 Å².